The van der Waals surface area contributed by atoms with Gasteiger partial charge in [0.05, 0.1) is 6.10 Å². The molecule has 0 aliphatic rings. The Hall–Kier alpha value is -1.15. The predicted octanol–water partition coefficient (Wildman–Crippen LogP) is 2.01. The molecule has 0 fully saturated rings. The minimum absolute atomic E-state index is 0.00748. The van der Waals surface area contributed by atoms with Crippen LogP contribution in [0.5, 0.6) is 0 Å². The van der Waals surface area contributed by atoms with Gasteiger partial charge in [0.25, 0.3) is 0 Å². The monoisotopic (exact) mass is 178 g/mol. The highest BCUT2D eigenvalue weighted by atomic mass is 16.3. The second-order valence-corrected chi connectivity index (χ2v) is 3.33. The van der Waals surface area contributed by atoms with Crippen LogP contribution in [0.1, 0.15) is 30.6 Å². The number of carbonyl (C=O) groups is 1. The first-order valence-electron chi connectivity index (χ1n) is 4.33. The van der Waals surface area contributed by atoms with Crippen LogP contribution in [0.2, 0.25) is 0 Å². The Bertz CT molecular complexity index is 287. The molecular weight excluding hydrogens is 164 g/mol. The van der Waals surface area contributed by atoms with Gasteiger partial charge in [-0.05, 0) is 19.4 Å². The molecule has 0 spiro atoms. The number of aliphatic hydroxyl groups excluding tert-OH is 1. The van der Waals surface area contributed by atoms with Crippen LogP contribution in [0.15, 0.2) is 24.3 Å². The molecule has 1 N–H and O–H groups in total. The standard InChI is InChI=1S/C11H14O2/c1-8-3-5-10(6-4-8)11(13)7-9(2)12/h3-6,11,13H,7H2,1-2H3. The van der Waals surface area contributed by atoms with Gasteiger partial charge in [0, 0.05) is 6.42 Å². The number of aliphatic hydroxyl groups is 1. The number of benzene rings is 1. The highest BCUT2D eigenvalue weighted by molar-refractivity contribution is 5.76. The summed E-state index contributed by atoms with van der Waals surface area (Å²) in [5.74, 6) is 0.00748. The summed E-state index contributed by atoms with van der Waals surface area (Å²) in [4.78, 5) is 10.7. The second kappa shape index (κ2) is 4.19. The quantitative estimate of drug-likeness (QED) is 0.768. The smallest absolute Gasteiger partial charge is 0.132 e. The van der Waals surface area contributed by atoms with Crippen molar-refractivity contribution in [3.8, 4) is 0 Å². The molecule has 0 aromatic heterocycles. The summed E-state index contributed by atoms with van der Waals surface area (Å²) in [6, 6.07) is 7.56. The second-order valence-electron chi connectivity index (χ2n) is 3.33. The van der Waals surface area contributed by atoms with Crippen molar-refractivity contribution < 1.29 is 9.90 Å². The minimum Gasteiger partial charge on any atom is -0.388 e. The number of Topliss-reactive ketones (excluding diaryl/α,β-unsaturated/α-hetero) is 1. The van der Waals surface area contributed by atoms with Crippen LogP contribution in [0, 0.1) is 6.92 Å². The zero-order valence-corrected chi connectivity index (χ0v) is 7.95. The van der Waals surface area contributed by atoms with Crippen LogP contribution in [-0.4, -0.2) is 10.9 Å². The third-order valence-electron chi connectivity index (χ3n) is 1.94. The van der Waals surface area contributed by atoms with Gasteiger partial charge in [0.15, 0.2) is 0 Å². The van der Waals surface area contributed by atoms with Crippen molar-refractivity contribution in [3.05, 3.63) is 35.4 Å². The van der Waals surface area contributed by atoms with Gasteiger partial charge in [-0.2, -0.15) is 0 Å². The number of hydrogen-bond donors (Lipinski definition) is 1. The molecule has 1 aromatic carbocycles. The van der Waals surface area contributed by atoms with Crippen molar-refractivity contribution in [2.75, 3.05) is 0 Å². The molecule has 0 aliphatic heterocycles. The Morgan fingerprint density at radius 3 is 2.38 bits per heavy atom. The normalized spacial score (nSPS) is 12.5. The Morgan fingerprint density at radius 1 is 1.38 bits per heavy atom. The summed E-state index contributed by atoms with van der Waals surface area (Å²) < 4.78 is 0. The molecule has 2 nitrogen and oxygen atoms in total. The largest absolute Gasteiger partial charge is 0.388 e. The SMILES string of the molecule is CC(=O)CC(O)c1ccc(C)cc1. The van der Waals surface area contributed by atoms with Gasteiger partial charge in [-0.3, -0.25) is 4.79 Å². The molecule has 70 valence electrons. The summed E-state index contributed by atoms with van der Waals surface area (Å²) in [5, 5.41) is 9.56. The van der Waals surface area contributed by atoms with Gasteiger partial charge >= 0.3 is 0 Å². The van der Waals surface area contributed by atoms with E-state index in [1.54, 1.807) is 0 Å². The van der Waals surface area contributed by atoms with Crippen LogP contribution in [0.4, 0.5) is 0 Å². The molecule has 1 unspecified atom stereocenters. The third kappa shape index (κ3) is 2.99. The van der Waals surface area contributed by atoms with Gasteiger partial charge in [-0.15, -0.1) is 0 Å². The van der Waals surface area contributed by atoms with Crippen LogP contribution >= 0.6 is 0 Å². The van der Waals surface area contributed by atoms with Gasteiger partial charge < -0.3 is 5.11 Å². The lowest BCUT2D eigenvalue weighted by Crippen LogP contribution is -2.02. The van der Waals surface area contributed by atoms with Crippen molar-refractivity contribution in [2.24, 2.45) is 0 Å². The molecule has 0 heterocycles. The summed E-state index contributed by atoms with van der Waals surface area (Å²) in [5.41, 5.74) is 1.96. The van der Waals surface area contributed by atoms with Crippen molar-refractivity contribution in [3.63, 3.8) is 0 Å². The first kappa shape index (κ1) is 9.93. The van der Waals surface area contributed by atoms with E-state index < -0.39 is 6.10 Å². The van der Waals surface area contributed by atoms with Gasteiger partial charge in [-0.25, -0.2) is 0 Å². The first-order chi connectivity index (χ1) is 6.09. The minimum atomic E-state index is -0.655. The van der Waals surface area contributed by atoms with Crippen LogP contribution in [0.25, 0.3) is 0 Å². The molecule has 0 radical (unpaired) electrons. The van der Waals surface area contributed by atoms with E-state index in [2.05, 4.69) is 0 Å². The molecule has 0 bridgehead atoms. The number of aryl methyl sites for hydroxylation is 1. The molecular formula is C11H14O2. The number of ketones is 1. The fourth-order valence-corrected chi connectivity index (χ4v) is 1.18. The molecule has 13 heavy (non-hydrogen) atoms. The average Bonchev–Trinajstić information content (AvgIpc) is 2.04. The molecule has 2 heteroatoms. The van der Waals surface area contributed by atoms with Crippen molar-refractivity contribution in [1.82, 2.24) is 0 Å². The van der Waals surface area contributed by atoms with Gasteiger partial charge in [-0.1, -0.05) is 29.8 Å². The van der Waals surface area contributed by atoms with Gasteiger partial charge in [0.1, 0.15) is 5.78 Å². The average molecular weight is 178 g/mol. The van der Waals surface area contributed by atoms with Crippen LogP contribution in [-0.2, 0) is 4.79 Å². The molecule has 0 saturated heterocycles. The molecule has 1 aromatic rings. The van der Waals surface area contributed by atoms with Gasteiger partial charge in [0.2, 0.25) is 0 Å². The van der Waals surface area contributed by atoms with E-state index in [-0.39, 0.29) is 12.2 Å². The maximum absolute atomic E-state index is 10.7. The van der Waals surface area contributed by atoms with Crippen LogP contribution in [0.3, 0.4) is 0 Å². The fraction of sp³-hybridized carbons (Fsp3) is 0.364. The number of hydrogen-bond acceptors (Lipinski definition) is 2. The first-order valence-corrected chi connectivity index (χ1v) is 4.33. The van der Waals surface area contributed by atoms with E-state index in [4.69, 9.17) is 0 Å². The highest BCUT2D eigenvalue weighted by Crippen LogP contribution is 2.16. The molecule has 0 amide bonds. The highest BCUT2D eigenvalue weighted by Gasteiger charge is 2.08. The van der Waals surface area contributed by atoms with E-state index in [9.17, 15) is 9.90 Å². The Balaban J connectivity index is 2.71. The summed E-state index contributed by atoms with van der Waals surface area (Å²) in [6.45, 7) is 3.47. The predicted molar refractivity (Wildman–Crippen MR) is 51.4 cm³/mol. The van der Waals surface area contributed by atoms with Crippen molar-refractivity contribution >= 4 is 5.78 Å². The van der Waals surface area contributed by atoms with Crippen molar-refractivity contribution in [2.45, 2.75) is 26.4 Å². The topological polar surface area (TPSA) is 37.3 Å². The maximum atomic E-state index is 10.7. The Labute approximate surface area is 78.2 Å². The van der Waals surface area contributed by atoms with Crippen molar-refractivity contribution in [1.29, 1.82) is 0 Å². The summed E-state index contributed by atoms with van der Waals surface area (Å²) in [7, 11) is 0. The maximum Gasteiger partial charge on any atom is 0.132 e. The lowest BCUT2D eigenvalue weighted by molar-refractivity contribution is -0.118. The molecule has 0 saturated carbocycles. The van der Waals surface area contributed by atoms with E-state index >= 15 is 0 Å². The zero-order valence-electron chi connectivity index (χ0n) is 7.95. The van der Waals surface area contributed by atoms with E-state index in [1.165, 1.54) is 6.92 Å². The molecule has 0 aliphatic carbocycles. The molecule has 1 rings (SSSR count). The lowest BCUT2D eigenvalue weighted by atomic mass is 10.0. The fourth-order valence-electron chi connectivity index (χ4n) is 1.18. The summed E-state index contributed by atoms with van der Waals surface area (Å²) in [6.07, 6.45) is -0.457. The zero-order chi connectivity index (χ0) is 9.84. The number of rotatable bonds is 3. The lowest BCUT2D eigenvalue weighted by Gasteiger charge is -2.08. The Kier molecular flexibility index (Phi) is 3.20. The van der Waals surface area contributed by atoms with E-state index in [0.717, 1.165) is 11.1 Å². The third-order valence-corrected chi connectivity index (χ3v) is 1.94. The summed E-state index contributed by atoms with van der Waals surface area (Å²) >= 11 is 0. The van der Waals surface area contributed by atoms with Crippen LogP contribution < -0.4 is 0 Å². The molecule has 1 atom stereocenters. The van der Waals surface area contributed by atoms with E-state index in [0.29, 0.717) is 0 Å². The Morgan fingerprint density at radius 2 is 1.92 bits per heavy atom. The number of carbonyl (C=O) groups excluding carboxylic acids is 1. The van der Waals surface area contributed by atoms with E-state index in [1.807, 2.05) is 31.2 Å².